The van der Waals surface area contributed by atoms with Gasteiger partial charge in [0.15, 0.2) is 0 Å². The summed E-state index contributed by atoms with van der Waals surface area (Å²) in [6, 6.07) is 3.96. The van der Waals surface area contributed by atoms with Crippen LogP contribution in [0.2, 0.25) is 0 Å². The van der Waals surface area contributed by atoms with E-state index in [1.165, 1.54) is 11.8 Å². The molecule has 0 spiro atoms. The first-order valence-electron chi connectivity index (χ1n) is 5.62. The number of sulfonamides is 1. The largest absolute Gasteiger partial charge is 0.316 e. The van der Waals surface area contributed by atoms with Crippen LogP contribution in [0.4, 0.5) is 0 Å². The number of nitrogens with one attached hydrogen (secondary N) is 2. The Morgan fingerprint density at radius 3 is 2.76 bits per heavy atom. The third-order valence-corrected chi connectivity index (χ3v) is 2.94. The highest BCUT2D eigenvalue weighted by molar-refractivity contribution is 7.88. The van der Waals surface area contributed by atoms with Gasteiger partial charge in [-0.3, -0.25) is 4.98 Å². The van der Waals surface area contributed by atoms with Crippen LogP contribution < -0.4 is 10.0 Å². The van der Waals surface area contributed by atoms with Crippen molar-refractivity contribution in [1.82, 2.24) is 15.0 Å². The number of hydrogen-bond acceptors (Lipinski definition) is 4. The second-order valence-corrected chi connectivity index (χ2v) is 5.71. The minimum atomic E-state index is -3.05. The Bertz CT molecular complexity index is 406. The zero-order chi connectivity index (χ0) is 12.6. The highest BCUT2D eigenvalue weighted by Gasteiger charge is 1.98. The fourth-order valence-electron chi connectivity index (χ4n) is 1.37. The second kappa shape index (κ2) is 7.37. The summed E-state index contributed by atoms with van der Waals surface area (Å²) in [7, 11) is -3.05. The van der Waals surface area contributed by atoms with E-state index in [9.17, 15) is 8.42 Å². The van der Waals surface area contributed by atoms with Gasteiger partial charge in [0.1, 0.15) is 0 Å². The fourth-order valence-corrected chi connectivity index (χ4v) is 1.89. The Balaban J connectivity index is 1.99. The maximum absolute atomic E-state index is 10.8. The van der Waals surface area contributed by atoms with Crippen molar-refractivity contribution in [3.63, 3.8) is 0 Å². The van der Waals surface area contributed by atoms with Crippen molar-refractivity contribution < 1.29 is 8.42 Å². The van der Waals surface area contributed by atoms with Crippen molar-refractivity contribution in [3.8, 4) is 0 Å². The van der Waals surface area contributed by atoms with Crippen LogP contribution in [0.1, 0.15) is 12.0 Å². The van der Waals surface area contributed by atoms with Crippen molar-refractivity contribution >= 4 is 10.0 Å². The molecule has 1 aromatic rings. The fraction of sp³-hybridized carbons (Fsp3) is 0.545. The van der Waals surface area contributed by atoms with E-state index < -0.39 is 10.0 Å². The predicted molar refractivity (Wildman–Crippen MR) is 68.3 cm³/mol. The molecule has 0 amide bonds. The molecule has 0 bridgehead atoms. The molecule has 0 aliphatic rings. The van der Waals surface area contributed by atoms with E-state index >= 15 is 0 Å². The van der Waals surface area contributed by atoms with Crippen molar-refractivity contribution in [1.29, 1.82) is 0 Å². The maximum Gasteiger partial charge on any atom is 0.208 e. The van der Waals surface area contributed by atoms with Crippen LogP contribution in [0.5, 0.6) is 0 Å². The molecule has 1 heterocycles. The maximum atomic E-state index is 10.8. The molecule has 6 heteroatoms. The van der Waals surface area contributed by atoms with Gasteiger partial charge in [0.25, 0.3) is 0 Å². The third-order valence-electron chi connectivity index (χ3n) is 2.21. The highest BCUT2D eigenvalue weighted by Crippen LogP contribution is 1.95. The Morgan fingerprint density at radius 1 is 1.29 bits per heavy atom. The van der Waals surface area contributed by atoms with Crippen LogP contribution in [0.25, 0.3) is 0 Å². The molecule has 0 atom stereocenters. The second-order valence-electron chi connectivity index (χ2n) is 3.88. The summed E-state index contributed by atoms with van der Waals surface area (Å²) in [4.78, 5) is 4.04. The molecule has 0 radical (unpaired) electrons. The first-order chi connectivity index (χ1) is 8.08. The number of pyridine rings is 1. The van der Waals surface area contributed by atoms with Gasteiger partial charge in [-0.15, -0.1) is 0 Å². The van der Waals surface area contributed by atoms with Gasteiger partial charge in [-0.1, -0.05) is 6.07 Å². The lowest BCUT2D eigenvalue weighted by Gasteiger charge is -2.05. The quantitative estimate of drug-likeness (QED) is 0.651. The number of nitrogens with zero attached hydrogens (tertiary/aromatic N) is 1. The Labute approximate surface area is 103 Å². The smallest absolute Gasteiger partial charge is 0.208 e. The molecule has 96 valence electrons. The molecule has 0 fully saturated rings. The van der Waals surface area contributed by atoms with E-state index in [0.29, 0.717) is 6.54 Å². The zero-order valence-corrected chi connectivity index (χ0v) is 10.8. The molecule has 0 saturated heterocycles. The molecule has 17 heavy (non-hydrogen) atoms. The molecular formula is C11H19N3O2S. The van der Waals surface area contributed by atoms with Gasteiger partial charge in [0.05, 0.1) is 6.26 Å². The molecule has 2 N–H and O–H groups in total. The summed E-state index contributed by atoms with van der Waals surface area (Å²) in [5.74, 6) is 0. The molecular weight excluding hydrogens is 238 g/mol. The Morgan fingerprint density at radius 2 is 2.12 bits per heavy atom. The van der Waals surface area contributed by atoms with E-state index in [2.05, 4.69) is 15.0 Å². The van der Waals surface area contributed by atoms with Crippen molar-refractivity contribution in [2.75, 3.05) is 25.9 Å². The average Bonchev–Trinajstić information content (AvgIpc) is 2.28. The summed E-state index contributed by atoms with van der Waals surface area (Å²) in [6.45, 7) is 2.17. The molecule has 0 unspecified atom stereocenters. The first kappa shape index (κ1) is 14.1. The van der Waals surface area contributed by atoms with E-state index in [-0.39, 0.29) is 0 Å². The molecule has 1 rings (SSSR count). The average molecular weight is 257 g/mol. The minimum Gasteiger partial charge on any atom is -0.316 e. The van der Waals surface area contributed by atoms with Crippen LogP contribution in [0, 0.1) is 0 Å². The van der Waals surface area contributed by atoms with E-state index in [4.69, 9.17) is 0 Å². The lowest BCUT2D eigenvalue weighted by Crippen LogP contribution is -2.27. The number of rotatable bonds is 8. The highest BCUT2D eigenvalue weighted by atomic mass is 32.2. The van der Waals surface area contributed by atoms with Crippen LogP contribution in [0.15, 0.2) is 24.5 Å². The van der Waals surface area contributed by atoms with E-state index in [1.807, 2.05) is 18.3 Å². The third kappa shape index (κ3) is 7.84. The van der Waals surface area contributed by atoms with E-state index in [0.717, 1.165) is 25.9 Å². The Kier molecular flexibility index (Phi) is 6.10. The number of hydrogen-bond donors (Lipinski definition) is 2. The Hall–Kier alpha value is -0.980. The van der Waals surface area contributed by atoms with Crippen LogP contribution in [0.3, 0.4) is 0 Å². The SMILES string of the molecule is CS(=O)(=O)NCCCNCCc1cccnc1. The van der Waals surface area contributed by atoms with Crippen molar-refractivity contribution in [3.05, 3.63) is 30.1 Å². The standard InChI is InChI=1S/C11H19N3O2S/c1-17(15,16)14-8-3-7-12-9-5-11-4-2-6-13-10-11/h2,4,6,10,12,14H,3,5,7-9H2,1H3. The van der Waals surface area contributed by atoms with Gasteiger partial charge in [-0.05, 0) is 37.6 Å². The molecule has 0 saturated carbocycles. The monoisotopic (exact) mass is 257 g/mol. The van der Waals surface area contributed by atoms with Gasteiger partial charge >= 0.3 is 0 Å². The summed E-state index contributed by atoms with van der Waals surface area (Å²) in [5, 5.41) is 3.26. The van der Waals surface area contributed by atoms with Crippen LogP contribution in [-0.2, 0) is 16.4 Å². The molecule has 0 aliphatic carbocycles. The van der Waals surface area contributed by atoms with Crippen LogP contribution >= 0.6 is 0 Å². The normalized spacial score (nSPS) is 11.6. The van der Waals surface area contributed by atoms with Crippen LogP contribution in [-0.4, -0.2) is 39.3 Å². The first-order valence-corrected chi connectivity index (χ1v) is 7.51. The summed E-state index contributed by atoms with van der Waals surface area (Å²) in [5.41, 5.74) is 1.20. The van der Waals surface area contributed by atoms with Crippen molar-refractivity contribution in [2.24, 2.45) is 0 Å². The molecule has 0 aromatic carbocycles. The van der Waals surface area contributed by atoms with Gasteiger partial charge in [-0.25, -0.2) is 13.1 Å². The van der Waals surface area contributed by atoms with Gasteiger partial charge in [0, 0.05) is 18.9 Å². The lowest BCUT2D eigenvalue weighted by molar-refractivity contribution is 0.579. The zero-order valence-electron chi connectivity index (χ0n) is 10.0. The lowest BCUT2D eigenvalue weighted by atomic mass is 10.2. The molecule has 1 aromatic heterocycles. The topological polar surface area (TPSA) is 71.1 Å². The molecule has 0 aliphatic heterocycles. The summed E-state index contributed by atoms with van der Waals surface area (Å²) >= 11 is 0. The van der Waals surface area contributed by atoms with Gasteiger partial charge < -0.3 is 5.32 Å². The molecule has 5 nitrogen and oxygen atoms in total. The van der Waals surface area contributed by atoms with Crippen molar-refractivity contribution in [2.45, 2.75) is 12.8 Å². The van der Waals surface area contributed by atoms with E-state index in [1.54, 1.807) is 6.20 Å². The van der Waals surface area contributed by atoms with Gasteiger partial charge in [-0.2, -0.15) is 0 Å². The summed E-state index contributed by atoms with van der Waals surface area (Å²) < 4.78 is 24.0. The minimum absolute atomic E-state index is 0.485. The number of aromatic nitrogens is 1. The summed E-state index contributed by atoms with van der Waals surface area (Å²) in [6.07, 6.45) is 6.51. The van der Waals surface area contributed by atoms with Gasteiger partial charge in [0.2, 0.25) is 10.0 Å². The predicted octanol–water partition coefficient (Wildman–Crippen LogP) is 0.153.